The number of aromatic amines is 1. The van der Waals surface area contributed by atoms with Gasteiger partial charge in [0.1, 0.15) is 11.8 Å². The Morgan fingerprint density at radius 3 is 3.12 bits per heavy atom. The summed E-state index contributed by atoms with van der Waals surface area (Å²) in [6, 6.07) is 0.210. The van der Waals surface area contributed by atoms with Gasteiger partial charge in [0.2, 0.25) is 0 Å². The Kier molecular flexibility index (Phi) is 5.77. The lowest BCUT2D eigenvalue weighted by Gasteiger charge is -2.27. The van der Waals surface area contributed by atoms with Crippen molar-refractivity contribution in [2.45, 2.75) is 18.9 Å². The zero-order valence-corrected chi connectivity index (χ0v) is 15.2. The maximum absolute atomic E-state index is 12.5. The molecule has 2 aromatic rings. The van der Waals surface area contributed by atoms with E-state index in [1.165, 1.54) is 6.33 Å². The van der Waals surface area contributed by atoms with Gasteiger partial charge in [0.05, 0.1) is 11.2 Å². The number of imidazole rings is 1. The molecule has 10 heteroatoms. The molecule has 2 aliphatic heterocycles. The van der Waals surface area contributed by atoms with E-state index < -0.39 is 0 Å². The van der Waals surface area contributed by atoms with Crippen LogP contribution in [0.2, 0.25) is 0 Å². The van der Waals surface area contributed by atoms with Crippen molar-refractivity contribution >= 4 is 47.1 Å². The third kappa shape index (κ3) is 3.88. The van der Waals surface area contributed by atoms with Crippen molar-refractivity contribution in [3.05, 3.63) is 23.8 Å². The number of nitrogens with one attached hydrogen (secondary N) is 3. The fourth-order valence-electron chi connectivity index (χ4n) is 2.99. The van der Waals surface area contributed by atoms with E-state index in [2.05, 4.69) is 30.6 Å². The standard InChI is InChI=1S/C15H19N7OS.ClH/c23-15(21-10-2-1-3-16-6-10)11-7-22(4-5-24-11)14-12-13(18-8-17-12)19-9-20-14;/h7-10,16H,1-6H2,(H,21,23)(H,17,18,19,20);1H/t10-;/m0./s1. The average molecular weight is 382 g/mol. The van der Waals surface area contributed by atoms with Crippen molar-refractivity contribution < 1.29 is 4.79 Å². The summed E-state index contributed by atoms with van der Waals surface area (Å²) in [4.78, 5) is 31.0. The Hall–Kier alpha value is -1.84. The first-order valence-electron chi connectivity index (χ1n) is 8.08. The number of carbonyl (C=O) groups is 1. The quantitative estimate of drug-likeness (QED) is 0.730. The monoisotopic (exact) mass is 381 g/mol. The molecule has 3 N–H and O–H groups in total. The maximum atomic E-state index is 12.5. The second kappa shape index (κ2) is 8.03. The number of hydrogen-bond donors (Lipinski definition) is 3. The maximum Gasteiger partial charge on any atom is 0.259 e. The van der Waals surface area contributed by atoms with E-state index in [9.17, 15) is 4.79 Å². The number of hydrogen-bond acceptors (Lipinski definition) is 7. The van der Waals surface area contributed by atoms with E-state index in [-0.39, 0.29) is 24.4 Å². The number of H-pyrrole nitrogens is 1. The molecule has 1 amide bonds. The molecular weight excluding hydrogens is 362 g/mol. The number of amides is 1. The zero-order valence-electron chi connectivity index (χ0n) is 13.6. The fraction of sp³-hybridized carbons (Fsp3) is 0.467. The second-order valence-corrected chi connectivity index (χ2v) is 6.99. The van der Waals surface area contributed by atoms with Gasteiger partial charge >= 0.3 is 0 Å². The number of aromatic nitrogens is 4. The summed E-state index contributed by atoms with van der Waals surface area (Å²) in [6.45, 7) is 2.66. The second-order valence-electron chi connectivity index (χ2n) is 5.85. The van der Waals surface area contributed by atoms with Crippen LogP contribution in [0.5, 0.6) is 0 Å². The smallest absolute Gasteiger partial charge is 0.259 e. The van der Waals surface area contributed by atoms with Crippen LogP contribution in [0.15, 0.2) is 23.8 Å². The summed E-state index contributed by atoms with van der Waals surface area (Å²) < 4.78 is 0. The van der Waals surface area contributed by atoms with Gasteiger partial charge in [-0.3, -0.25) is 4.79 Å². The molecule has 2 aromatic heterocycles. The van der Waals surface area contributed by atoms with Crippen LogP contribution in [0, 0.1) is 0 Å². The van der Waals surface area contributed by atoms with E-state index >= 15 is 0 Å². The number of thioether (sulfide) groups is 1. The lowest BCUT2D eigenvalue weighted by Crippen LogP contribution is -2.46. The molecule has 0 aliphatic carbocycles. The van der Waals surface area contributed by atoms with Crippen LogP contribution in [-0.2, 0) is 4.79 Å². The highest BCUT2D eigenvalue weighted by atomic mass is 35.5. The molecule has 134 valence electrons. The Balaban J connectivity index is 0.00000182. The largest absolute Gasteiger partial charge is 0.348 e. The number of fused-ring (bicyclic) bond motifs is 1. The number of rotatable bonds is 3. The van der Waals surface area contributed by atoms with Gasteiger partial charge in [-0.2, -0.15) is 0 Å². The first-order chi connectivity index (χ1) is 11.8. The van der Waals surface area contributed by atoms with E-state index in [1.54, 1.807) is 18.1 Å². The number of nitrogens with zero attached hydrogens (tertiary/aromatic N) is 4. The van der Waals surface area contributed by atoms with Crippen molar-refractivity contribution in [2.24, 2.45) is 0 Å². The van der Waals surface area contributed by atoms with Crippen LogP contribution in [0.3, 0.4) is 0 Å². The van der Waals surface area contributed by atoms with Crippen molar-refractivity contribution in [2.75, 3.05) is 30.3 Å². The van der Waals surface area contributed by atoms with Crippen molar-refractivity contribution in [3.63, 3.8) is 0 Å². The highest BCUT2D eigenvalue weighted by Gasteiger charge is 2.23. The molecule has 2 aliphatic rings. The summed E-state index contributed by atoms with van der Waals surface area (Å²) in [7, 11) is 0. The van der Waals surface area contributed by atoms with E-state index in [4.69, 9.17) is 0 Å². The molecule has 25 heavy (non-hydrogen) atoms. The minimum atomic E-state index is -0.00619. The summed E-state index contributed by atoms with van der Waals surface area (Å²) >= 11 is 1.58. The van der Waals surface area contributed by atoms with Crippen molar-refractivity contribution in [1.29, 1.82) is 0 Å². The molecular formula is C15H20ClN7OS. The first-order valence-corrected chi connectivity index (χ1v) is 9.07. The van der Waals surface area contributed by atoms with Crippen LogP contribution in [0.25, 0.3) is 11.2 Å². The SMILES string of the molecule is Cl.O=C(N[C@H]1CCCNC1)C1=CN(c2ncnc3nc[nH]c23)CCS1. The topological polar surface area (TPSA) is 98.8 Å². The molecule has 4 rings (SSSR count). The molecule has 0 saturated carbocycles. The predicted octanol–water partition coefficient (Wildman–Crippen LogP) is 1.04. The van der Waals surface area contributed by atoms with Gasteiger partial charge in [-0.1, -0.05) is 0 Å². The van der Waals surface area contributed by atoms with Crippen LogP contribution in [-0.4, -0.2) is 57.3 Å². The molecule has 1 fully saturated rings. The Labute approximate surface area is 155 Å². The molecule has 1 atom stereocenters. The molecule has 0 bridgehead atoms. The molecule has 0 spiro atoms. The lowest BCUT2D eigenvalue weighted by atomic mass is 10.1. The molecule has 0 radical (unpaired) electrons. The molecule has 4 heterocycles. The van der Waals surface area contributed by atoms with E-state index in [1.807, 2.05) is 11.1 Å². The third-order valence-electron chi connectivity index (χ3n) is 4.19. The van der Waals surface area contributed by atoms with Crippen LogP contribution in [0.1, 0.15) is 12.8 Å². The normalized spacial score (nSPS) is 20.7. The first kappa shape index (κ1) is 18.0. The molecule has 8 nitrogen and oxygen atoms in total. The minimum absolute atomic E-state index is 0. The lowest BCUT2D eigenvalue weighted by molar-refractivity contribution is -0.117. The summed E-state index contributed by atoms with van der Waals surface area (Å²) in [6.07, 6.45) is 7.11. The summed E-state index contributed by atoms with van der Waals surface area (Å²) in [5.74, 6) is 1.58. The highest BCUT2D eigenvalue weighted by molar-refractivity contribution is 8.04. The third-order valence-corrected chi connectivity index (χ3v) is 5.18. The van der Waals surface area contributed by atoms with Gasteiger partial charge in [0.25, 0.3) is 5.91 Å². The number of piperidine rings is 1. The fourth-order valence-corrected chi connectivity index (χ4v) is 3.89. The average Bonchev–Trinajstić information content (AvgIpc) is 3.11. The Morgan fingerprint density at radius 2 is 2.28 bits per heavy atom. The number of anilines is 1. The van der Waals surface area contributed by atoms with Gasteiger partial charge in [-0.15, -0.1) is 24.2 Å². The van der Waals surface area contributed by atoms with Gasteiger partial charge in [-0.05, 0) is 19.4 Å². The predicted molar refractivity (Wildman–Crippen MR) is 101 cm³/mol. The summed E-state index contributed by atoms with van der Waals surface area (Å²) in [5.41, 5.74) is 1.42. The van der Waals surface area contributed by atoms with E-state index in [0.717, 1.165) is 54.5 Å². The Morgan fingerprint density at radius 1 is 1.36 bits per heavy atom. The van der Waals surface area contributed by atoms with Gasteiger partial charge < -0.3 is 20.5 Å². The number of carbonyl (C=O) groups excluding carboxylic acids is 1. The minimum Gasteiger partial charge on any atom is -0.348 e. The van der Waals surface area contributed by atoms with Crippen LogP contribution in [0.4, 0.5) is 5.82 Å². The summed E-state index contributed by atoms with van der Waals surface area (Å²) in [5, 5.41) is 6.44. The molecule has 1 saturated heterocycles. The Bertz CT molecular complexity index is 774. The zero-order chi connectivity index (χ0) is 16.4. The molecule has 0 aromatic carbocycles. The number of halogens is 1. The van der Waals surface area contributed by atoms with Crippen LogP contribution < -0.4 is 15.5 Å². The van der Waals surface area contributed by atoms with Gasteiger partial charge in [-0.25, -0.2) is 15.0 Å². The van der Waals surface area contributed by atoms with Crippen LogP contribution >= 0.6 is 24.2 Å². The molecule has 0 unspecified atom stereocenters. The van der Waals surface area contributed by atoms with Gasteiger partial charge in [0.15, 0.2) is 11.5 Å². The van der Waals surface area contributed by atoms with E-state index in [0.29, 0.717) is 5.65 Å². The van der Waals surface area contributed by atoms with Crippen molar-refractivity contribution in [3.8, 4) is 0 Å². The van der Waals surface area contributed by atoms with Gasteiger partial charge in [0, 0.05) is 31.1 Å². The highest BCUT2D eigenvalue weighted by Crippen LogP contribution is 2.28. The van der Waals surface area contributed by atoms with Crippen molar-refractivity contribution in [1.82, 2.24) is 30.6 Å².